The van der Waals surface area contributed by atoms with Crippen molar-refractivity contribution in [2.75, 3.05) is 4.90 Å². The first-order valence-electron chi connectivity index (χ1n) is 12.8. The normalized spacial score (nSPS) is 22.7. The zero-order chi connectivity index (χ0) is 27.8. The van der Waals surface area contributed by atoms with Gasteiger partial charge in [0.1, 0.15) is 16.6 Å². The third kappa shape index (κ3) is 4.72. The van der Waals surface area contributed by atoms with Crippen molar-refractivity contribution in [1.29, 1.82) is 0 Å². The van der Waals surface area contributed by atoms with E-state index in [0.717, 1.165) is 30.4 Å². The minimum atomic E-state index is -0.603. The molecule has 1 saturated carbocycles. The lowest BCUT2D eigenvalue weighted by Crippen LogP contribution is -2.53. The van der Waals surface area contributed by atoms with E-state index >= 15 is 0 Å². The molecule has 1 fully saturated rings. The average Bonchev–Trinajstić information content (AvgIpc) is 3.55. The Labute approximate surface area is 234 Å². The standard InChI is InChI=1S/C27H26N8O4S/c1-3-20(36)32-16-5-4-6-17(16)33-25(37)24-23-22-18(7-8-30-26(22)40-24)35(27(38)34-23)19-12-31-21(9-14(19)2)39-15-10-28-13-29-11-15/h3,7-13,16-17,23-24H,1,4-6H2,2H3,(H,32,36)(H,33,37)(H,34,38)/t16-,17+,23?,24?/m0/s1. The molecule has 1 aliphatic carbocycles. The highest BCUT2D eigenvalue weighted by Crippen LogP contribution is 2.51. The fourth-order valence-electron chi connectivity index (χ4n) is 5.35. The van der Waals surface area contributed by atoms with Gasteiger partial charge in [0, 0.05) is 29.9 Å². The molecule has 40 heavy (non-hydrogen) atoms. The Bertz CT molecular complexity index is 1500. The van der Waals surface area contributed by atoms with E-state index in [-0.39, 0.29) is 29.9 Å². The predicted molar refractivity (Wildman–Crippen MR) is 146 cm³/mol. The summed E-state index contributed by atoms with van der Waals surface area (Å²) >= 11 is 1.33. The summed E-state index contributed by atoms with van der Waals surface area (Å²) in [6, 6.07) is 2.23. The maximum absolute atomic E-state index is 13.5. The smallest absolute Gasteiger partial charge is 0.327 e. The second-order valence-corrected chi connectivity index (χ2v) is 10.8. The molecular weight excluding hydrogens is 532 g/mol. The molecule has 12 nitrogen and oxygen atoms in total. The van der Waals surface area contributed by atoms with Crippen molar-refractivity contribution in [1.82, 2.24) is 35.9 Å². The molecule has 3 aromatic heterocycles. The van der Waals surface area contributed by atoms with Crippen LogP contribution in [0.2, 0.25) is 0 Å². The Morgan fingerprint density at radius 3 is 2.67 bits per heavy atom. The Balaban J connectivity index is 1.23. The zero-order valence-corrected chi connectivity index (χ0v) is 22.4. The largest absolute Gasteiger partial charge is 0.436 e. The number of thioether (sulfide) groups is 1. The second kappa shape index (κ2) is 10.6. The van der Waals surface area contributed by atoms with Gasteiger partial charge in [-0.2, -0.15) is 0 Å². The third-order valence-corrected chi connectivity index (χ3v) is 8.47. The Kier molecular flexibility index (Phi) is 6.80. The van der Waals surface area contributed by atoms with Crippen LogP contribution < -0.4 is 25.6 Å². The topological polar surface area (TPSA) is 151 Å². The molecule has 4 atom stereocenters. The van der Waals surface area contributed by atoms with Crippen LogP contribution in [0.15, 0.2) is 60.9 Å². The summed E-state index contributed by atoms with van der Waals surface area (Å²) < 4.78 is 5.73. The second-order valence-electron chi connectivity index (χ2n) is 9.70. The van der Waals surface area contributed by atoms with Crippen molar-refractivity contribution in [3.05, 3.63) is 67.0 Å². The third-order valence-electron chi connectivity index (χ3n) is 7.18. The number of hydrogen-bond acceptors (Lipinski definition) is 9. The Hall–Kier alpha value is -4.52. The number of hydrogen-bond donors (Lipinski definition) is 3. The molecule has 4 amide bonds. The van der Waals surface area contributed by atoms with Crippen LogP contribution in [0.4, 0.5) is 16.2 Å². The van der Waals surface area contributed by atoms with E-state index < -0.39 is 11.3 Å². The number of aromatic nitrogens is 4. The summed E-state index contributed by atoms with van der Waals surface area (Å²) in [5.41, 5.74) is 2.77. The number of nitrogens with zero attached hydrogens (tertiary/aromatic N) is 5. The van der Waals surface area contributed by atoms with Crippen LogP contribution in [0.1, 0.15) is 36.4 Å². The van der Waals surface area contributed by atoms with E-state index in [2.05, 4.69) is 42.5 Å². The summed E-state index contributed by atoms with van der Waals surface area (Å²) in [6.07, 6.45) is 11.3. The molecule has 0 aromatic carbocycles. The fraction of sp³-hybridized carbons (Fsp3) is 0.296. The first kappa shape index (κ1) is 25.7. The summed E-state index contributed by atoms with van der Waals surface area (Å²) in [5.74, 6) is 0.316. The van der Waals surface area contributed by atoms with Gasteiger partial charge in [0.25, 0.3) is 0 Å². The Morgan fingerprint density at radius 1 is 1.15 bits per heavy atom. The molecule has 3 aliphatic rings. The number of pyridine rings is 2. The molecule has 6 rings (SSSR count). The van der Waals surface area contributed by atoms with Gasteiger partial charge in [0.15, 0.2) is 5.75 Å². The number of nitrogens with one attached hydrogen (secondary N) is 3. The molecule has 0 spiro atoms. The van der Waals surface area contributed by atoms with Gasteiger partial charge in [-0.3, -0.25) is 14.5 Å². The molecule has 3 aromatic rings. The summed E-state index contributed by atoms with van der Waals surface area (Å²) in [7, 11) is 0. The molecule has 2 unspecified atom stereocenters. The van der Waals surface area contributed by atoms with E-state index in [0.29, 0.717) is 28.0 Å². The predicted octanol–water partition coefficient (Wildman–Crippen LogP) is 3.08. The minimum Gasteiger partial charge on any atom is -0.436 e. The van der Waals surface area contributed by atoms with Gasteiger partial charge in [-0.15, -0.1) is 0 Å². The summed E-state index contributed by atoms with van der Waals surface area (Å²) in [6.45, 7) is 5.36. The van der Waals surface area contributed by atoms with Crippen molar-refractivity contribution in [3.63, 3.8) is 0 Å². The molecule has 5 heterocycles. The van der Waals surface area contributed by atoms with E-state index in [4.69, 9.17) is 4.74 Å². The van der Waals surface area contributed by atoms with Crippen LogP contribution in [0, 0.1) is 6.92 Å². The van der Waals surface area contributed by atoms with Crippen molar-refractivity contribution < 1.29 is 19.1 Å². The lowest BCUT2D eigenvalue weighted by atomic mass is 9.99. The number of amides is 4. The molecule has 0 radical (unpaired) electrons. The molecule has 3 N–H and O–H groups in total. The molecular formula is C27H26N8O4S. The zero-order valence-electron chi connectivity index (χ0n) is 21.5. The monoisotopic (exact) mass is 558 g/mol. The van der Waals surface area contributed by atoms with Gasteiger partial charge < -0.3 is 20.7 Å². The molecule has 0 saturated heterocycles. The van der Waals surface area contributed by atoms with Crippen molar-refractivity contribution in [3.8, 4) is 11.6 Å². The number of aryl methyl sites for hydroxylation is 1. The van der Waals surface area contributed by atoms with Crippen LogP contribution in [0.25, 0.3) is 0 Å². The van der Waals surface area contributed by atoms with Gasteiger partial charge in [-0.1, -0.05) is 18.3 Å². The molecule has 2 aliphatic heterocycles. The first-order chi connectivity index (χ1) is 19.4. The Morgan fingerprint density at radius 2 is 1.93 bits per heavy atom. The summed E-state index contributed by atoms with van der Waals surface area (Å²) in [4.78, 5) is 57.2. The quantitative estimate of drug-likeness (QED) is 0.372. The number of rotatable bonds is 7. The molecule has 0 bridgehead atoms. The SMILES string of the molecule is C=CC(=O)N[C@H]1CCC[C@H]1NC(=O)C1Sc2nccc3c2C1NC(=O)N3c1cnc(Oc2cncnc2)cc1C. The van der Waals surface area contributed by atoms with Gasteiger partial charge in [0.05, 0.1) is 36.0 Å². The van der Waals surface area contributed by atoms with E-state index in [1.165, 1.54) is 36.6 Å². The lowest BCUT2D eigenvalue weighted by Gasteiger charge is -2.35. The minimum absolute atomic E-state index is 0.162. The van der Waals surface area contributed by atoms with Crippen LogP contribution in [-0.2, 0) is 9.59 Å². The number of carbonyl (C=O) groups is 3. The van der Waals surface area contributed by atoms with E-state index in [1.807, 2.05) is 6.92 Å². The number of carbonyl (C=O) groups excluding carboxylic acids is 3. The fourth-order valence-corrected chi connectivity index (χ4v) is 6.58. The molecule has 204 valence electrons. The lowest BCUT2D eigenvalue weighted by molar-refractivity contribution is -0.122. The first-order valence-corrected chi connectivity index (χ1v) is 13.7. The summed E-state index contributed by atoms with van der Waals surface area (Å²) in [5, 5.41) is 9.11. The van der Waals surface area contributed by atoms with Crippen LogP contribution in [-0.4, -0.2) is 55.1 Å². The van der Waals surface area contributed by atoms with Crippen molar-refractivity contribution >= 4 is 41.0 Å². The highest BCUT2D eigenvalue weighted by Gasteiger charge is 2.47. The van der Waals surface area contributed by atoms with Gasteiger partial charge >= 0.3 is 6.03 Å². The maximum atomic E-state index is 13.5. The van der Waals surface area contributed by atoms with Crippen molar-refractivity contribution in [2.45, 2.75) is 54.6 Å². The van der Waals surface area contributed by atoms with Crippen molar-refractivity contribution in [2.24, 2.45) is 0 Å². The maximum Gasteiger partial charge on any atom is 0.327 e. The number of ether oxygens (including phenoxy) is 1. The van der Waals surface area contributed by atoms with Crippen LogP contribution >= 0.6 is 11.8 Å². The highest BCUT2D eigenvalue weighted by atomic mass is 32.2. The van der Waals surface area contributed by atoms with Gasteiger partial charge in [-0.05, 0) is 43.9 Å². The van der Waals surface area contributed by atoms with E-state index in [9.17, 15) is 14.4 Å². The van der Waals surface area contributed by atoms with Gasteiger partial charge in [-0.25, -0.2) is 24.7 Å². The van der Waals surface area contributed by atoms with E-state index in [1.54, 1.807) is 29.4 Å². The average molecular weight is 559 g/mol. The number of anilines is 2. The number of urea groups is 1. The molecule has 13 heteroatoms. The van der Waals surface area contributed by atoms with Crippen LogP contribution in [0.5, 0.6) is 11.6 Å². The van der Waals surface area contributed by atoms with Gasteiger partial charge in [0.2, 0.25) is 17.7 Å². The van der Waals surface area contributed by atoms with Crippen LogP contribution in [0.3, 0.4) is 0 Å². The highest BCUT2D eigenvalue weighted by molar-refractivity contribution is 8.01.